The monoisotopic (exact) mass is 449 g/mol. The summed E-state index contributed by atoms with van der Waals surface area (Å²) in [6.45, 7) is 11.5. The first-order valence-electron chi connectivity index (χ1n) is 10.7. The van der Waals surface area contributed by atoms with Crippen molar-refractivity contribution in [3.63, 3.8) is 0 Å². The third kappa shape index (κ3) is 5.30. The summed E-state index contributed by atoms with van der Waals surface area (Å²) < 4.78 is 7.03. The molecular weight excluding hydrogens is 418 g/mol. The van der Waals surface area contributed by atoms with E-state index in [1.807, 2.05) is 25.8 Å². The minimum atomic E-state index is -0.555. The Labute approximate surface area is 187 Å². The highest BCUT2D eigenvalue weighted by molar-refractivity contribution is 6.35. The molecule has 2 N–H and O–H groups in total. The second-order valence-corrected chi connectivity index (χ2v) is 9.79. The molecule has 0 radical (unpaired) electrons. The zero-order chi connectivity index (χ0) is 22.9. The summed E-state index contributed by atoms with van der Waals surface area (Å²) in [6.07, 6.45) is 0.340. The SMILES string of the molecule is CC(C)C[C@H](N)c1nc2cccc(Cl)c2c(=O)n1N1CCN(C(=O)OC(C)(C)C)CC1. The highest BCUT2D eigenvalue weighted by Gasteiger charge is 2.29. The topological polar surface area (TPSA) is 93.7 Å². The van der Waals surface area contributed by atoms with Gasteiger partial charge in [0.2, 0.25) is 0 Å². The molecular formula is C22H32ClN5O3. The number of hydrogen-bond acceptors (Lipinski definition) is 6. The molecule has 0 bridgehead atoms. The van der Waals surface area contributed by atoms with Crippen LogP contribution in [0.1, 0.15) is 52.9 Å². The first-order valence-corrected chi connectivity index (χ1v) is 11.1. The lowest BCUT2D eigenvalue weighted by Crippen LogP contribution is -2.57. The van der Waals surface area contributed by atoms with Gasteiger partial charge in [-0.15, -0.1) is 0 Å². The normalized spacial score (nSPS) is 16.1. The number of rotatable bonds is 4. The molecule has 1 amide bonds. The average Bonchev–Trinajstić information content (AvgIpc) is 2.66. The van der Waals surface area contributed by atoms with Crippen LogP contribution in [0.5, 0.6) is 0 Å². The van der Waals surface area contributed by atoms with Crippen LogP contribution < -0.4 is 16.3 Å². The summed E-state index contributed by atoms with van der Waals surface area (Å²) >= 11 is 6.34. The Kier molecular flexibility index (Phi) is 6.81. The standard InChI is InChI=1S/C22H32ClN5O3/c1-14(2)13-16(24)19-25-17-8-6-7-15(23)18(17)20(29)28(19)27-11-9-26(10-12-27)21(30)31-22(3,4)5/h6-8,14,16H,9-13,24H2,1-5H3/t16-/m0/s1. The summed E-state index contributed by atoms with van der Waals surface area (Å²) in [7, 11) is 0. The summed E-state index contributed by atoms with van der Waals surface area (Å²) in [4.78, 5) is 32.3. The molecule has 1 aromatic heterocycles. The molecule has 2 heterocycles. The van der Waals surface area contributed by atoms with Crippen LogP contribution in [0.25, 0.3) is 10.9 Å². The van der Waals surface area contributed by atoms with Gasteiger partial charge in [0.1, 0.15) is 11.4 Å². The number of carbonyl (C=O) groups is 1. The zero-order valence-electron chi connectivity index (χ0n) is 18.9. The number of ether oxygens (including phenoxy) is 1. The minimum Gasteiger partial charge on any atom is -0.444 e. The van der Waals surface area contributed by atoms with E-state index in [1.54, 1.807) is 27.8 Å². The Morgan fingerprint density at radius 1 is 1.23 bits per heavy atom. The molecule has 1 aromatic carbocycles. The van der Waals surface area contributed by atoms with Crippen molar-refractivity contribution in [2.24, 2.45) is 11.7 Å². The minimum absolute atomic E-state index is 0.240. The smallest absolute Gasteiger partial charge is 0.410 e. The third-order valence-electron chi connectivity index (χ3n) is 5.10. The first kappa shape index (κ1) is 23.3. The lowest BCUT2D eigenvalue weighted by molar-refractivity contribution is 0.0231. The molecule has 8 nitrogen and oxygen atoms in total. The van der Waals surface area contributed by atoms with Gasteiger partial charge in [0.05, 0.1) is 35.1 Å². The van der Waals surface area contributed by atoms with Crippen molar-refractivity contribution in [3.8, 4) is 0 Å². The molecule has 2 aromatic rings. The van der Waals surface area contributed by atoms with Crippen molar-refractivity contribution in [1.29, 1.82) is 0 Å². The van der Waals surface area contributed by atoms with Gasteiger partial charge in [-0.3, -0.25) is 4.79 Å². The maximum absolute atomic E-state index is 13.5. The van der Waals surface area contributed by atoms with E-state index >= 15 is 0 Å². The van der Waals surface area contributed by atoms with E-state index in [-0.39, 0.29) is 11.7 Å². The number of benzene rings is 1. The summed E-state index contributed by atoms with van der Waals surface area (Å²) in [5.74, 6) is 0.860. The molecule has 3 rings (SSSR count). The van der Waals surface area contributed by atoms with E-state index in [1.165, 1.54) is 0 Å². The Morgan fingerprint density at radius 2 is 1.87 bits per heavy atom. The van der Waals surface area contributed by atoms with E-state index in [2.05, 4.69) is 13.8 Å². The van der Waals surface area contributed by atoms with Gasteiger partial charge in [-0.2, -0.15) is 0 Å². The molecule has 0 spiro atoms. The van der Waals surface area contributed by atoms with Gasteiger partial charge in [0.25, 0.3) is 5.56 Å². The molecule has 31 heavy (non-hydrogen) atoms. The van der Waals surface area contributed by atoms with Gasteiger partial charge in [0, 0.05) is 13.1 Å². The third-order valence-corrected chi connectivity index (χ3v) is 5.41. The molecule has 9 heteroatoms. The van der Waals surface area contributed by atoms with E-state index in [9.17, 15) is 9.59 Å². The van der Waals surface area contributed by atoms with Crippen LogP contribution in [0.4, 0.5) is 4.79 Å². The van der Waals surface area contributed by atoms with E-state index in [0.29, 0.717) is 60.3 Å². The molecule has 170 valence electrons. The lowest BCUT2D eigenvalue weighted by Gasteiger charge is -2.38. The van der Waals surface area contributed by atoms with Crippen LogP contribution >= 0.6 is 11.6 Å². The second kappa shape index (κ2) is 9.04. The van der Waals surface area contributed by atoms with E-state index < -0.39 is 11.6 Å². The highest BCUT2D eigenvalue weighted by Crippen LogP contribution is 2.23. The van der Waals surface area contributed by atoms with Crippen molar-refractivity contribution >= 4 is 28.6 Å². The van der Waals surface area contributed by atoms with Crippen LogP contribution in [-0.4, -0.2) is 52.4 Å². The molecule has 0 saturated carbocycles. The van der Waals surface area contributed by atoms with Crippen molar-refractivity contribution in [1.82, 2.24) is 14.6 Å². The van der Waals surface area contributed by atoms with E-state index in [0.717, 1.165) is 0 Å². The molecule has 0 unspecified atom stereocenters. The Morgan fingerprint density at radius 3 is 2.45 bits per heavy atom. The molecule has 1 aliphatic rings. The number of nitrogens with two attached hydrogens (primary N) is 1. The Bertz CT molecular complexity index is 1010. The molecule has 1 saturated heterocycles. The predicted octanol–water partition coefficient (Wildman–Crippen LogP) is 3.28. The maximum atomic E-state index is 13.5. The van der Waals surface area contributed by atoms with Crippen molar-refractivity contribution in [2.75, 3.05) is 31.2 Å². The van der Waals surface area contributed by atoms with Gasteiger partial charge >= 0.3 is 6.09 Å². The van der Waals surface area contributed by atoms with Crippen LogP contribution in [0.3, 0.4) is 0 Å². The van der Waals surface area contributed by atoms with Crippen molar-refractivity contribution in [3.05, 3.63) is 39.4 Å². The second-order valence-electron chi connectivity index (χ2n) is 9.38. The van der Waals surface area contributed by atoms with Gasteiger partial charge < -0.3 is 20.4 Å². The van der Waals surface area contributed by atoms with Crippen molar-refractivity contribution < 1.29 is 9.53 Å². The number of halogens is 1. The first-order chi connectivity index (χ1) is 14.5. The molecule has 1 fully saturated rings. The fourth-order valence-corrected chi connectivity index (χ4v) is 3.98. The average molecular weight is 450 g/mol. The number of nitrogens with zero attached hydrogens (tertiary/aromatic N) is 4. The Hall–Kier alpha value is -2.32. The lowest BCUT2D eigenvalue weighted by atomic mass is 10.0. The van der Waals surface area contributed by atoms with Crippen LogP contribution in [0.15, 0.2) is 23.0 Å². The fourth-order valence-electron chi connectivity index (χ4n) is 3.73. The summed E-state index contributed by atoms with van der Waals surface area (Å²) in [5, 5.41) is 2.63. The Balaban J connectivity index is 1.95. The number of amides is 1. The van der Waals surface area contributed by atoms with Gasteiger partial charge in [-0.1, -0.05) is 31.5 Å². The molecule has 1 aliphatic heterocycles. The van der Waals surface area contributed by atoms with Crippen LogP contribution in [0.2, 0.25) is 5.02 Å². The maximum Gasteiger partial charge on any atom is 0.410 e. The predicted molar refractivity (Wildman–Crippen MR) is 123 cm³/mol. The van der Waals surface area contributed by atoms with Crippen LogP contribution in [0, 0.1) is 5.92 Å². The fraction of sp³-hybridized carbons (Fsp3) is 0.591. The largest absolute Gasteiger partial charge is 0.444 e. The van der Waals surface area contributed by atoms with E-state index in [4.69, 9.17) is 27.1 Å². The van der Waals surface area contributed by atoms with Crippen LogP contribution in [-0.2, 0) is 4.74 Å². The van der Waals surface area contributed by atoms with Gasteiger partial charge in [-0.05, 0) is 45.2 Å². The number of piperazine rings is 1. The number of hydrogen-bond donors (Lipinski definition) is 1. The molecule has 0 aliphatic carbocycles. The molecule has 1 atom stereocenters. The number of aromatic nitrogens is 2. The number of fused-ring (bicyclic) bond motifs is 1. The van der Waals surface area contributed by atoms with Crippen molar-refractivity contribution in [2.45, 2.75) is 52.7 Å². The van der Waals surface area contributed by atoms with Gasteiger partial charge in [-0.25, -0.2) is 14.5 Å². The summed E-state index contributed by atoms with van der Waals surface area (Å²) in [5.41, 5.74) is 6.22. The van der Waals surface area contributed by atoms with Gasteiger partial charge in [0.15, 0.2) is 0 Å². The quantitative estimate of drug-likeness (QED) is 0.769. The number of carbonyl (C=O) groups excluding carboxylic acids is 1. The summed E-state index contributed by atoms with van der Waals surface area (Å²) in [6, 6.07) is 4.84. The zero-order valence-corrected chi connectivity index (χ0v) is 19.6. The highest BCUT2D eigenvalue weighted by atomic mass is 35.5.